The molecule has 10 heteroatoms. The molecule has 1 aromatic carbocycles. The minimum atomic E-state index is -4.36. The van der Waals surface area contributed by atoms with Crippen molar-refractivity contribution in [1.82, 2.24) is 29.6 Å². The molecular weight excluding hydrogens is 469 g/mol. The third kappa shape index (κ3) is 4.81. The Morgan fingerprint density at radius 3 is 2.67 bits per heavy atom. The minimum absolute atomic E-state index is 0.00452. The van der Waals surface area contributed by atoms with Crippen LogP contribution in [0.25, 0.3) is 5.78 Å². The number of imidazole rings is 1. The van der Waals surface area contributed by atoms with Gasteiger partial charge in [-0.1, -0.05) is 26.0 Å². The number of amides is 1. The molecule has 0 bridgehead atoms. The van der Waals surface area contributed by atoms with Gasteiger partial charge < -0.3 is 5.32 Å². The maximum absolute atomic E-state index is 12.9. The first-order chi connectivity index (χ1) is 17.2. The van der Waals surface area contributed by atoms with Gasteiger partial charge in [0.2, 0.25) is 5.78 Å². The highest BCUT2D eigenvalue weighted by Gasteiger charge is 2.35. The van der Waals surface area contributed by atoms with Crippen LogP contribution in [-0.2, 0) is 25.8 Å². The van der Waals surface area contributed by atoms with Gasteiger partial charge in [0.15, 0.2) is 0 Å². The van der Waals surface area contributed by atoms with Crippen LogP contribution in [0.3, 0.4) is 0 Å². The molecule has 3 aromatic heterocycles. The van der Waals surface area contributed by atoms with Crippen molar-refractivity contribution in [2.45, 2.75) is 45.7 Å². The normalized spacial score (nSPS) is 16.0. The lowest BCUT2D eigenvalue weighted by atomic mass is 9.99. The van der Waals surface area contributed by atoms with Crippen molar-refractivity contribution < 1.29 is 18.0 Å². The summed E-state index contributed by atoms with van der Waals surface area (Å²) in [6.45, 7) is 5.48. The zero-order valence-electron chi connectivity index (χ0n) is 19.8. The molecule has 0 saturated carbocycles. The predicted octanol–water partition coefficient (Wildman–Crippen LogP) is 4.79. The Morgan fingerprint density at radius 1 is 1.19 bits per heavy atom. The average molecular weight is 495 g/mol. The standard InChI is InChI=1S/C26H25F3N6O/c1-16(2)23-22-19(14-35(23)13-17-4-6-20(7-5-17)26(27,28)29)10-18(11-31-22)24(36)32-12-21-15-34-9-3-8-30-25(34)33-21/h3-11,15-16,23H,12-14H2,1-2H3,(H,32,36)/t23-/m0/s1. The Labute approximate surface area is 206 Å². The summed E-state index contributed by atoms with van der Waals surface area (Å²) in [5, 5.41) is 2.88. The molecule has 0 saturated heterocycles. The number of fused-ring (bicyclic) bond motifs is 2. The number of alkyl halides is 3. The summed E-state index contributed by atoms with van der Waals surface area (Å²) in [6, 6.07) is 8.92. The molecule has 0 fully saturated rings. The van der Waals surface area contributed by atoms with E-state index < -0.39 is 11.7 Å². The highest BCUT2D eigenvalue weighted by molar-refractivity contribution is 5.94. The lowest BCUT2D eigenvalue weighted by Crippen LogP contribution is -2.25. The van der Waals surface area contributed by atoms with Crippen molar-refractivity contribution >= 4 is 11.7 Å². The van der Waals surface area contributed by atoms with E-state index in [1.165, 1.54) is 12.1 Å². The van der Waals surface area contributed by atoms with Crippen molar-refractivity contribution in [3.63, 3.8) is 0 Å². The van der Waals surface area contributed by atoms with Gasteiger partial charge in [-0.25, -0.2) is 9.97 Å². The topological polar surface area (TPSA) is 75.4 Å². The van der Waals surface area contributed by atoms with Gasteiger partial charge >= 0.3 is 6.18 Å². The van der Waals surface area contributed by atoms with Gasteiger partial charge in [-0.15, -0.1) is 0 Å². The summed E-state index contributed by atoms with van der Waals surface area (Å²) in [5.41, 5.74) is 3.13. The monoisotopic (exact) mass is 494 g/mol. The van der Waals surface area contributed by atoms with Crippen LogP contribution in [0.2, 0.25) is 0 Å². The molecule has 0 spiro atoms. The van der Waals surface area contributed by atoms with Crippen molar-refractivity contribution in [2.75, 3.05) is 0 Å². The molecule has 1 N–H and O–H groups in total. The van der Waals surface area contributed by atoms with E-state index in [1.807, 2.05) is 18.5 Å². The SMILES string of the molecule is CC(C)[C@H]1c2ncc(C(=O)NCc3cn4cccnc4n3)cc2CN1Cc1ccc(C(F)(F)F)cc1. The number of carbonyl (C=O) groups excluding carboxylic acids is 1. The molecule has 1 atom stereocenters. The van der Waals surface area contributed by atoms with Gasteiger partial charge in [0.05, 0.1) is 35.1 Å². The predicted molar refractivity (Wildman–Crippen MR) is 127 cm³/mol. The van der Waals surface area contributed by atoms with Crippen molar-refractivity contribution in [3.05, 3.63) is 94.8 Å². The fraction of sp³-hybridized carbons (Fsp3) is 0.308. The fourth-order valence-electron chi connectivity index (χ4n) is 4.69. The number of hydrogen-bond donors (Lipinski definition) is 1. The highest BCUT2D eigenvalue weighted by Crippen LogP contribution is 2.39. The van der Waals surface area contributed by atoms with Crippen molar-refractivity contribution in [1.29, 1.82) is 0 Å². The third-order valence-electron chi connectivity index (χ3n) is 6.32. The van der Waals surface area contributed by atoms with Gasteiger partial charge in [-0.2, -0.15) is 13.2 Å². The average Bonchev–Trinajstić information content (AvgIpc) is 3.42. The van der Waals surface area contributed by atoms with Crippen molar-refractivity contribution in [2.24, 2.45) is 5.92 Å². The Balaban J connectivity index is 1.29. The van der Waals surface area contributed by atoms with E-state index in [-0.39, 0.29) is 24.4 Å². The van der Waals surface area contributed by atoms with Crippen LogP contribution in [0.5, 0.6) is 0 Å². The third-order valence-corrected chi connectivity index (χ3v) is 6.32. The van der Waals surface area contributed by atoms with Crippen molar-refractivity contribution in [3.8, 4) is 0 Å². The van der Waals surface area contributed by atoms with Crippen LogP contribution in [-0.4, -0.2) is 30.2 Å². The van der Waals surface area contributed by atoms with Gasteiger partial charge in [-0.3, -0.25) is 19.1 Å². The van der Waals surface area contributed by atoms with Gasteiger partial charge in [0, 0.05) is 37.9 Å². The molecule has 4 aromatic rings. The van der Waals surface area contributed by atoms with E-state index in [2.05, 4.69) is 39.0 Å². The first-order valence-corrected chi connectivity index (χ1v) is 11.6. The number of nitrogens with one attached hydrogen (secondary N) is 1. The van der Waals surface area contributed by atoms with Crippen LogP contribution < -0.4 is 5.32 Å². The molecule has 4 heterocycles. The van der Waals surface area contributed by atoms with Crippen LogP contribution in [0, 0.1) is 5.92 Å². The molecule has 0 unspecified atom stereocenters. The summed E-state index contributed by atoms with van der Waals surface area (Å²) < 4.78 is 40.5. The maximum atomic E-state index is 12.9. The molecule has 36 heavy (non-hydrogen) atoms. The summed E-state index contributed by atoms with van der Waals surface area (Å²) in [4.78, 5) is 28.2. The molecule has 1 aliphatic rings. The molecule has 1 aliphatic heterocycles. The summed E-state index contributed by atoms with van der Waals surface area (Å²) in [6.07, 6.45) is 2.54. The first-order valence-electron chi connectivity index (χ1n) is 11.6. The van der Waals surface area contributed by atoms with Crippen LogP contribution in [0.1, 0.15) is 58.3 Å². The second kappa shape index (κ2) is 9.34. The van der Waals surface area contributed by atoms with Gasteiger partial charge in [-0.05, 0) is 41.3 Å². The van der Waals surface area contributed by atoms with E-state index in [0.29, 0.717) is 30.1 Å². The van der Waals surface area contributed by atoms with Gasteiger partial charge in [0.1, 0.15) is 0 Å². The van der Waals surface area contributed by atoms with E-state index in [0.717, 1.165) is 29.0 Å². The summed E-state index contributed by atoms with van der Waals surface area (Å²) in [5.74, 6) is 0.544. The fourth-order valence-corrected chi connectivity index (χ4v) is 4.69. The number of aromatic nitrogens is 4. The molecule has 186 valence electrons. The smallest absolute Gasteiger partial charge is 0.346 e. The molecular formula is C26H25F3N6O. The molecule has 0 radical (unpaired) electrons. The number of rotatable bonds is 6. The van der Waals surface area contributed by atoms with E-state index in [4.69, 9.17) is 0 Å². The Kier molecular flexibility index (Phi) is 6.21. The van der Waals surface area contributed by atoms with Gasteiger partial charge in [0.25, 0.3) is 5.91 Å². The summed E-state index contributed by atoms with van der Waals surface area (Å²) >= 11 is 0. The second-order valence-electron chi connectivity index (χ2n) is 9.30. The number of nitrogens with zero attached hydrogens (tertiary/aromatic N) is 5. The number of pyridine rings is 1. The zero-order valence-corrected chi connectivity index (χ0v) is 19.8. The zero-order chi connectivity index (χ0) is 25.4. The molecule has 0 aliphatic carbocycles. The Hall–Kier alpha value is -3.79. The lowest BCUT2D eigenvalue weighted by molar-refractivity contribution is -0.137. The Morgan fingerprint density at radius 2 is 1.97 bits per heavy atom. The van der Waals surface area contributed by atoms with E-state index in [1.54, 1.807) is 22.9 Å². The second-order valence-corrected chi connectivity index (χ2v) is 9.30. The van der Waals surface area contributed by atoms with Crippen LogP contribution >= 0.6 is 0 Å². The lowest BCUT2D eigenvalue weighted by Gasteiger charge is -2.27. The van der Waals surface area contributed by atoms with E-state index in [9.17, 15) is 18.0 Å². The highest BCUT2D eigenvalue weighted by atomic mass is 19.4. The minimum Gasteiger partial charge on any atom is -0.346 e. The number of benzene rings is 1. The summed E-state index contributed by atoms with van der Waals surface area (Å²) in [7, 11) is 0. The van der Waals surface area contributed by atoms with E-state index >= 15 is 0 Å². The first kappa shape index (κ1) is 23.9. The van der Waals surface area contributed by atoms with Crippen LogP contribution in [0.15, 0.2) is 61.2 Å². The number of hydrogen-bond acceptors (Lipinski definition) is 5. The Bertz CT molecular complexity index is 1360. The maximum Gasteiger partial charge on any atom is 0.416 e. The van der Waals surface area contributed by atoms with Crippen LogP contribution in [0.4, 0.5) is 13.2 Å². The molecule has 5 rings (SSSR count). The quantitative estimate of drug-likeness (QED) is 0.417. The largest absolute Gasteiger partial charge is 0.416 e. The number of halogens is 3. The molecule has 7 nitrogen and oxygen atoms in total. The molecule has 1 amide bonds. The number of carbonyl (C=O) groups is 1.